The third-order valence-electron chi connectivity index (χ3n) is 3.92. The molecule has 2 aromatic rings. The first-order chi connectivity index (χ1) is 11.4. The van der Waals surface area contributed by atoms with E-state index in [1.54, 1.807) is 6.92 Å². The lowest BCUT2D eigenvalue weighted by Crippen LogP contribution is -2.29. The number of benzene rings is 1. The predicted octanol–water partition coefficient (Wildman–Crippen LogP) is 1.25. The number of ether oxygens (including phenoxy) is 3. The molecule has 128 valence electrons. The zero-order valence-corrected chi connectivity index (χ0v) is 13.3. The molecule has 0 saturated carbocycles. The van der Waals surface area contributed by atoms with Gasteiger partial charge in [0.1, 0.15) is 5.76 Å². The SMILES string of the molecule is COC(=O)c1cc(OC)c(O)c2oc3c(c(=O)c12)C(O)OC(C)C3. The first kappa shape index (κ1) is 16.3. The van der Waals surface area contributed by atoms with Crippen molar-refractivity contribution in [3.63, 3.8) is 0 Å². The molecule has 8 heteroatoms. The summed E-state index contributed by atoms with van der Waals surface area (Å²) >= 11 is 0. The van der Waals surface area contributed by atoms with Gasteiger partial charge in [0.2, 0.25) is 11.2 Å². The molecule has 1 aromatic heterocycles. The molecule has 0 amide bonds. The maximum Gasteiger partial charge on any atom is 0.338 e. The van der Waals surface area contributed by atoms with E-state index in [0.717, 1.165) is 7.11 Å². The molecule has 0 aliphatic carbocycles. The maximum absolute atomic E-state index is 12.8. The van der Waals surface area contributed by atoms with Gasteiger partial charge in [-0.25, -0.2) is 4.79 Å². The standard InChI is InChI=1S/C16H16O8/c1-6-4-8-11(16(20)23-6)13(18)10-7(15(19)22-3)5-9(21-2)12(17)14(10)24-8/h5-6,16-17,20H,4H2,1-3H3. The van der Waals surface area contributed by atoms with Gasteiger partial charge in [0, 0.05) is 6.42 Å². The van der Waals surface area contributed by atoms with E-state index in [9.17, 15) is 19.8 Å². The van der Waals surface area contributed by atoms with Gasteiger partial charge in [-0.15, -0.1) is 0 Å². The topological polar surface area (TPSA) is 115 Å². The van der Waals surface area contributed by atoms with Crippen molar-refractivity contribution in [2.24, 2.45) is 0 Å². The number of fused-ring (bicyclic) bond motifs is 2. The van der Waals surface area contributed by atoms with E-state index < -0.39 is 23.4 Å². The summed E-state index contributed by atoms with van der Waals surface area (Å²) in [5.41, 5.74) is -1.08. The second kappa shape index (κ2) is 5.81. The second-order valence-corrected chi connectivity index (χ2v) is 5.44. The van der Waals surface area contributed by atoms with Crippen LogP contribution < -0.4 is 10.2 Å². The molecule has 2 N–H and O–H groups in total. The van der Waals surface area contributed by atoms with Crippen LogP contribution in [0.3, 0.4) is 0 Å². The molecule has 3 rings (SSSR count). The Morgan fingerprint density at radius 1 is 1.38 bits per heavy atom. The van der Waals surface area contributed by atoms with Crippen LogP contribution >= 0.6 is 0 Å². The van der Waals surface area contributed by atoms with Crippen molar-refractivity contribution < 1.29 is 33.6 Å². The lowest BCUT2D eigenvalue weighted by Gasteiger charge is -2.25. The van der Waals surface area contributed by atoms with Crippen LogP contribution in [0.25, 0.3) is 11.0 Å². The van der Waals surface area contributed by atoms with E-state index in [2.05, 4.69) is 4.74 Å². The Morgan fingerprint density at radius 2 is 2.08 bits per heavy atom. The highest BCUT2D eigenvalue weighted by molar-refractivity contribution is 6.05. The van der Waals surface area contributed by atoms with E-state index in [1.807, 2.05) is 0 Å². The van der Waals surface area contributed by atoms with E-state index in [-0.39, 0.29) is 46.1 Å². The van der Waals surface area contributed by atoms with Crippen LogP contribution in [0.2, 0.25) is 0 Å². The molecule has 0 spiro atoms. The number of aromatic hydroxyl groups is 1. The quantitative estimate of drug-likeness (QED) is 0.787. The van der Waals surface area contributed by atoms with Crippen LogP contribution in [0.4, 0.5) is 0 Å². The van der Waals surface area contributed by atoms with Gasteiger partial charge in [-0.2, -0.15) is 0 Å². The number of phenols is 1. The fourth-order valence-corrected chi connectivity index (χ4v) is 2.81. The summed E-state index contributed by atoms with van der Waals surface area (Å²) in [4.78, 5) is 24.9. The third-order valence-corrected chi connectivity index (χ3v) is 3.92. The largest absolute Gasteiger partial charge is 0.502 e. The molecule has 2 unspecified atom stereocenters. The fraction of sp³-hybridized carbons (Fsp3) is 0.375. The molecular weight excluding hydrogens is 320 g/mol. The van der Waals surface area contributed by atoms with Gasteiger partial charge in [0.15, 0.2) is 17.6 Å². The van der Waals surface area contributed by atoms with Crippen LogP contribution in [-0.2, 0) is 15.9 Å². The second-order valence-electron chi connectivity index (χ2n) is 5.44. The summed E-state index contributed by atoms with van der Waals surface area (Å²) in [7, 11) is 2.46. The number of phenolic OH excluding ortho intramolecular Hbond substituents is 1. The molecule has 24 heavy (non-hydrogen) atoms. The molecule has 1 aromatic carbocycles. The number of methoxy groups -OCH3 is 2. The Morgan fingerprint density at radius 3 is 2.71 bits per heavy atom. The van der Waals surface area contributed by atoms with Gasteiger partial charge in [-0.05, 0) is 13.0 Å². The average Bonchev–Trinajstić information content (AvgIpc) is 2.54. The number of hydrogen-bond acceptors (Lipinski definition) is 8. The average molecular weight is 336 g/mol. The molecule has 8 nitrogen and oxygen atoms in total. The molecule has 1 aliphatic heterocycles. The summed E-state index contributed by atoms with van der Waals surface area (Å²) < 4.78 is 20.6. The molecular formula is C16H16O8. The Labute approximate surface area is 136 Å². The molecule has 2 heterocycles. The van der Waals surface area contributed by atoms with Crippen molar-refractivity contribution in [2.45, 2.75) is 25.7 Å². The molecule has 0 bridgehead atoms. The van der Waals surface area contributed by atoms with Crippen LogP contribution in [0.5, 0.6) is 11.5 Å². The highest BCUT2D eigenvalue weighted by atomic mass is 16.6. The van der Waals surface area contributed by atoms with Crippen molar-refractivity contribution in [2.75, 3.05) is 14.2 Å². The first-order valence-electron chi connectivity index (χ1n) is 7.20. The van der Waals surface area contributed by atoms with E-state index >= 15 is 0 Å². The van der Waals surface area contributed by atoms with Crippen LogP contribution in [0.1, 0.15) is 34.9 Å². The van der Waals surface area contributed by atoms with Gasteiger partial charge < -0.3 is 28.8 Å². The molecule has 2 atom stereocenters. The summed E-state index contributed by atoms with van der Waals surface area (Å²) in [6, 6.07) is 1.19. The van der Waals surface area contributed by atoms with Crippen molar-refractivity contribution >= 4 is 16.9 Å². The summed E-state index contributed by atoms with van der Waals surface area (Å²) in [5.74, 6) is -1.05. The Hall–Kier alpha value is -2.58. The zero-order valence-electron chi connectivity index (χ0n) is 13.3. The van der Waals surface area contributed by atoms with Gasteiger partial charge in [-0.3, -0.25) is 4.79 Å². The number of esters is 1. The van der Waals surface area contributed by atoms with Crippen molar-refractivity contribution in [1.82, 2.24) is 0 Å². The van der Waals surface area contributed by atoms with E-state index in [4.69, 9.17) is 13.9 Å². The van der Waals surface area contributed by atoms with Crippen molar-refractivity contribution in [3.05, 3.63) is 33.2 Å². The number of aliphatic hydroxyl groups is 1. The van der Waals surface area contributed by atoms with Gasteiger partial charge >= 0.3 is 5.97 Å². The zero-order chi connectivity index (χ0) is 17.6. The van der Waals surface area contributed by atoms with Crippen molar-refractivity contribution in [3.8, 4) is 11.5 Å². The number of aliphatic hydroxyl groups excluding tert-OH is 1. The van der Waals surface area contributed by atoms with E-state index in [0.29, 0.717) is 0 Å². The van der Waals surface area contributed by atoms with Gasteiger partial charge in [0.05, 0.1) is 36.8 Å². The highest BCUT2D eigenvalue weighted by Crippen LogP contribution is 2.39. The van der Waals surface area contributed by atoms with E-state index in [1.165, 1.54) is 13.2 Å². The number of hydrogen-bond donors (Lipinski definition) is 2. The fourth-order valence-electron chi connectivity index (χ4n) is 2.81. The normalized spacial score (nSPS) is 19.8. The van der Waals surface area contributed by atoms with Crippen molar-refractivity contribution in [1.29, 1.82) is 0 Å². The smallest absolute Gasteiger partial charge is 0.338 e. The first-order valence-corrected chi connectivity index (χ1v) is 7.20. The predicted molar refractivity (Wildman–Crippen MR) is 81.3 cm³/mol. The van der Waals surface area contributed by atoms with Gasteiger partial charge in [0.25, 0.3) is 0 Å². The summed E-state index contributed by atoms with van der Waals surface area (Å²) in [6.07, 6.45) is -1.61. The number of carbonyl (C=O) groups excluding carboxylic acids is 1. The Bertz CT molecular complexity index is 882. The highest BCUT2D eigenvalue weighted by Gasteiger charge is 2.32. The van der Waals surface area contributed by atoms with Crippen LogP contribution in [0.15, 0.2) is 15.3 Å². The monoisotopic (exact) mass is 336 g/mol. The molecule has 0 fully saturated rings. The van der Waals surface area contributed by atoms with Crippen LogP contribution in [0, 0.1) is 0 Å². The van der Waals surface area contributed by atoms with Crippen LogP contribution in [-0.4, -0.2) is 36.5 Å². The molecule has 0 saturated heterocycles. The summed E-state index contributed by atoms with van der Waals surface area (Å²) in [5, 5.41) is 20.1. The minimum absolute atomic E-state index is 0.0355. The lowest BCUT2D eigenvalue weighted by atomic mass is 10.00. The number of rotatable bonds is 2. The van der Waals surface area contributed by atoms with Gasteiger partial charge in [-0.1, -0.05) is 0 Å². The Balaban J connectivity index is 2.46. The molecule has 0 radical (unpaired) electrons. The number of carbonyl (C=O) groups is 1. The molecule has 1 aliphatic rings. The summed E-state index contributed by atoms with van der Waals surface area (Å²) in [6.45, 7) is 1.71. The third kappa shape index (κ3) is 2.31. The minimum Gasteiger partial charge on any atom is -0.502 e. The minimum atomic E-state index is -1.47. The lowest BCUT2D eigenvalue weighted by molar-refractivity contribution is -0.147. The maximum atomic E-state index is 12.8. The Kier molecular flexibility index (Phi) is 3.94.